The monoisotopic (exact) mass is 391 g/mol. The molecule has 1 heterocycles. The highest BCUT2D eigenvalue weighted by molar-refractivity contribution is 6.06. The summed E-state index contributed by atoms with van der Waals surface area (Å²) in [5.41, 5.74) is 0.176. The number of urea groups is 1. The van der Waals surface area contributed by atoms with E-state index in [2.05, 4.69) is 5.32 Å². The number of carbonyl (C=O) groups excluding carboxylic acids is 5. The van der Waals surface area contributed by atoms with Crippen molar-refractivity contribution in [1.29, 1.82) is 0 Å². The van der Waals surface area contributed by atoms with Crippen molar-refractivity contribution in [3.05, 3.63) is 29.8 Å². The molecule has 0 aliphatic carbocycles. The van der Waals surface area contributed by atoms with Gasteiger partial charge in [-0.3, -0.25) is 29.4 Å². The minimum Gasteiger partial charge on any atom is -0.496 e. The molecule has 1 aliphatic rings. The third-order valence-corrected chi connectivity index (χ3v) is 3.96. The highest BCUT2D eigenvalue weighted by Crippen LogP contribution is 2.16. The summed E-state index contributed by atoms with van der Waals surface area (Å²) in [7, 11) is 2.91. The van der Waals surface area contributed by atoms with Crippen LogP contribution in [0, 0.1) is 0 Å². The number of para-hydroxylation sites is 1. The third kappa shape index (κ3) is 5.29. The van der Waals surface area contributed by atoms with Crippen molar-refractivity contribution in [2.24, 2.45) is 0 Å². The molecule has 10 heteroatoms. The first-order valence-electron chi connectivity index (χ1n) is 8.51. The maximum absolute atomic E-state index is 12.1. The fourth-order valence-electron chi connectivity index (χ4n) is 2.55. The maximum atomic E-state index is 12.1. The summed E-state index contributed by atoms with van der Waals surface area (Å²) in [5, 5.41) is 2.11. The lowest BCUT2D eigenvalue weighted by molar-refractivity contribution is -0.148. The number of carbonyl (C=O) groups is 5. The summed E-state index contributed by atoms with van der Waals surface area (Å²) in [4.78, 5) is 61.2. The zero-order valence-corrected chi connectivity index (χ0v) is 15.6. The molecule has 150 valence electrons. The van der Waals surface area contributed by atoms with Crippen molar-refractivity contribution < 1.29 is 33.4 Å². The van der Waals surface area contributed by atoms with E-state index in [4.69, 9.17) is 9.47 Å². The Morgan fingerprint density at radius 2 is 1.89 bits per heavy atom. The smallest absolute Gasteiger partial charge is 0.326 e. The lowest BCUT2D eigenvalue weighted by Gasteiger charge is -2.13. The minimum absolute atomic E-state index is 0.0175. The van der Waals surface area contributed by atoms with Gasteiger partial charge in [-0.15, -0.1) is 0 Å². The van der Waals surface area contributed by atoms with Gasteiger partial charge in [0.1, 0.15) is 12.3 Å². The molecule has 1 aliphatic heterocycles. The highest BCUT2D eigenvalue weighted by Gasteiger charge is 2.32. The van der Waals surface area contributed by atoms with E-state index in [0.29, 0.717) is 5.75 Å². The molecule has 0 atom stereocenters. The van der Waals surface area contributed by atoms with Gasteiger partial charge in [-0.1, -0.05) is 12.1 Å². The molecule has 1 aromatic rings. The molecule has 0 saturated carbocycles. The number of ether oxygens (including phenoxy) is 2. The van der Waals surface area contributed by atoms with Crippen molar-refractivity contribution in [1.82, 2.24) is 15.1 Å². The predicted molar refractivity (Wildman–Crippen MR) is 95.4 cm³/mol. The molecule has 5 amide bonds. The average molecular weight is 391 g/mol. The minimum atomic E-state index is -0.782. The Balaban J connectivity index is 1.71. The van der Waals surface area contributed by atoms with Crippen LogP contribution in [-0.2, 0) is 19.1 Å². The molecule has 2 rings (SSSR count). The first-order chi connectivity index (χ1) is 13.3. The van der Waals surface area contributed by atoms with E-state index in [0.717, 1.165) is 4.90 Å². The predicted octanol–water partition coefficient (Wildman–Crippen LogP) is 0.169. The number of nitrogens with one attached hydrogen (secondary N) is 1. The second kappa shape index (κ2) is 9.49. The van der Waals surface area contributed by atoms with Gasteiger partial charge in [-0.05, 0) is 18.6 Å². The summed E-state index contributed by atoms with van der Waals surface area (Å²) in [6.07, 6.45) is 0.139. The number of rotatable bonds is 8. The Morgan fingerprint density at radius 1 is 1.18 bits per heavy atom. The molecule has 1 fully saturated rings. The number of hydrogen-bond acceptors (Lipinski definition) is 7. The summed E-state index contributed by atoms with van der Waals surface area (Å²) in [5.74, 6) is -2.15. The highest BCUT2D eigenvalue weighted by atomic mass is 16.5. The molecule has 0 radical (unpaired) electrons. The second-order valence-electron chi connectivity index (χ2n) is 6.03. The summed E-state index contributed by atoms with van der Waals surface area (Å²) in [6.45, 7) is -0.511. The molecule has 28 heavy (non-hydrogen) atoms. The number of likely N-dealkylation sites (N-methyl/N-ethyl adjacent to an activating group) is 1. The van der Waals surface area contributed by atoms with Gasteiger partial charge in [0.25, 0.3) is 11.8 Å². The van der Waals surface area contributed by atoms with E-state index in [1.807, 2.05) is 0 Å². The van der Waals surface area contributed by atoms with Gasteiger partial charge in [0, 0.05) is 20.0 Å². The van der Waals surface area contributed by atoms with Gasteiger partial charge in [0.2, 0.25) is 5.91 Å². The van der Waals surface area contributed by atoms with E-state index in [9.17, 15) is 24.0 Å². The SMILES string of the molecule is COc1ccccc1C(=O)NC(=O)COC(=O)CCCN1C(=O)CN(C)C1=O. The molecule has 10 nitrogen and oxygen atoms in total. The number of esters is 1. The first kappa shape index (κ1) is 20.9. The summed E-state index contributed by atoms with van der Waals surface area (Å²) in [6, 6.07) is 5.96. The zero-order valence-electron chi connectivity index (χ0n) is 15.6. The van der Waals surface area contributed by atoms with Crippen LogP contribution in [0.5, 0.6) is 5.75 Å². The number of nitrogens with zero attached hydrogens (tertiary/aromatic N) is 2. The lowest BCUT2D eigenvalue weighted by atomic mass is 10.2. The van der Waals surface area contributed by atoms with E-state index in [1.165, 1.54) is 25.1 Å². The van der Waals surface area contributed by atoms with Crippen molar-refractivity contribution >= 4 is 29.7 Å². The molecule has 0 bridgehead atoms. The molecule has 1 aromatic carbocycles. The molecule has 0 spiro atoms. The summed E-state index contributed by atoms with van der Waals surface area (Å²) >= 11 is 0. The fourth-order valence-corrected chi connectivity index (χ4v) is 2.55. The Kier molecular flexibility index (Phi) is 7.08. The molecule has 1 N–H and O–H groups in total. The van der Waals surface area contributed by atoms with E-state index >= 15 is 0 Å². The normalized spacial score (nSPS) is 13.5. The first-order valence-corrected chi connectivity index (χ1v) is 8.51. The van der Waals surface area contributed by atoms with Gasteiger partial charge in [-0.2, -0.15) is 0 Å². The molecule has 1 saturated heterocycles. The van der Waals surface area contributed by atoms with Crippen LogP contribution in [0.4, 0.5) is 4.79 Å². The van der Waals surface area contributed by atoms with Crippen LogP contribution in [0.15, 0.2) is 24.3 Å². The Hall–Kier alpha value is -3.43. The quantitative estimate of drug-likeness (QED) is 0.495. The van der Waals surface area contributed by atoms with Crippen LogP contribution in [-0.4, -0.2) is 73.4 Å². The Morgan fingerprint density at radius 3 is 2.54 bits per heavy atom. The number of amides is 5. The van der Waals surface area contributed by atoms with Crippen molar-refractivity contribution in [2.75, 3.05) is 33.9 Å². The standard InChI is InChI=1S/C18H21N3O7/c1-20-10-15(23)21(18(20)26)9-5-8-16(24)28-11-14(22)19-17(25)12-6-3-4-7-13(12)27-2/h3-4,6-7H,5,8-11H2,1-2H3,(H,19,22,25). The second-order valence-corrected chi connectivity index (χ2v) is 6.03. The Bertz CT molecular complexity index is 793. The number of hydrogen-bond donors (Lipinski definition) is 1. The van der Waals surface area contributed by atoms with Crippen molar-refractivity contribution in [3.63, 3.8) is 0 Å². The third-order valence-electron chi connectivity index (χ3n) is 3.96. The number of imide groups is 2. The average Bonchev–Trinajstić information content (AvgIpc) is 2.92. The van der Waals surface area contributed by atoms with Crippen molar-refractivity contribution in [3.8, 4) is 5.75 Å². The zero-order chi connectivity index (χ0) is 20.7. The maximum Gasteiger partial charge on any atom is 0.326 e. The van der Waals surface area contributed by atoms with Gasteiger partial charge in [0.05, 0.1) is 12.7 Å². The number of methoxy groups -OCH3 is 1. The van der Waals surface area contributed by atoms with Crippen molar-refractivity contribution in [2.45, 2.75) is 12.8 Å². The largest absolute Gasteiger partial charge is 0.496 e. The van der Waals surface area contributed by atoms with Crippen LogP contribution in [0.3, 0.4) is 0 Å². The van der Waals surface area contributed by atoms with Crippen LogP contribution in [0.25, 0.3) is 0 Å². The van der Waals surface area contributed by atoms with E-state index in [1.54, 1.807) is 18.2 Å². The summed E-state index contributed by atoms with van der Waals surface area (Å²) < 4.78 is 9.85. The van der Waals surface area contributed by atoms with Gasteiger partial charge in [0.15, 0.2) is 6.61 Å². The lowest BCUT2D eigenvalue weighted by Crippen LogP contribution is -2.34. The van der Waals surface area contributed by atoms with Gasteiger partial charge in [-0.25, -0.2) is 4.79 Å². The van der Waals surface area contributed by atoms with E-state index in [-0.39, 0.29) is 37.4 Å². The Labute approximate surface area is 161 Å². The van der Waals surface area contributed by atoms with Gasteiger partial charge < -0.3 is 14.4 Å². The van der Waals surface area contributed by atoms with E-state index < -0.39 is 30.4 Å². The molecular weight excluding hydrogens is 370 g/mol. The number of benzene rings is 1. The molecule has 0 unspecified atom stereocenters. The fraction of sp³-hybridized carbons (Fsp3) is 0.389. The topological polar surface area (TPSA) is 122 Å². The molecule has 0 aromatic heterocycles. The van der Waals surface area contributed by atoms with Gasteiger partial charge >= 0.3 is 12.0 Å². The molecular formula is C18H21N3O7. The van der Waals surface area contributed by atoms with Crippen LogP contribution in [0.2, 0.25) is 0 Å². The van der Waals surface area contributed by atoms with Crippen LogP contribution < -0.4 is 10.1 Å². The van der Waals surface area contributed by atoms with Crippen LogP contribution >= 0.6 is 0 Å². The van der Waals surface area contributed by atoms with Crippen LogP contribution in [0.1, 0.15) is 23.2 Å².